The summed E-state index contributed by atoms with van der Waals surface area (Å²) in [4.78, 5) is 0. The SMILES string of the molecule is CC(C#N)S(=O)(=O)NCC1CCCC1CO. The molecule has 5 nitrogen and oxygen atoms in total. The van der Waals surface area contributed by atoms with Gasteiger partial charge in [-0.2, -0.15) is 5.26 Å². The summed E-state index contributed by atoms with van der Waals surface area (Å²) in [7, 11) is -3.52. The van der Waals surface area contributed by atoms with Crippen LogP contribution in [-0.2, 0) is 10.0 Å². The molecule has 0 spiro atoms. The first-order valence-electron chi connectivity index (χ1n) is 5.50. The molecule has 6 heteroatoms. The van der Waals surface area contributed by atoms with Crippen molar-refractivity contribution in [3.05, 3.63) is 0 Å². The smallest absolute Gasteiger partial charge is 0.227 e. The minimum atomic E-state index is -3.52. The molecule has 1 saturated carbocycles. The van der Waals surface area contributed by atoms with E-state index in [9.17, 15) is 8.42 Å². The standard InChI is InChI=1S/C10H18N2O3S/c1-8(5-11)16(14,15)12-6-9-3-2-4-10(9)7-13/h8-10,12-13H,2-4,6-7H2,1H3. The van der Waals surface area contributed by atoms with Crippen LogP contribution in [0.25, 0.3) is 0 Å². The van der Waals surface area contributed by atoms with Crippen molar-refractivity contribution in [1.29, 1.82) is 5.26 Å². The van der Waals surface area contributed by atoms with Gasteiger partial charge in [0.2, 0.25) is 10.0 Å². The van der Waals surface area contributed by atoms with E-state index in [-0.39, 0.29) is 18.4 Å². The van der Waals surface area contributed by atoms with Crippen LogP contribution in [0.3, 0.4) is 0 Å². The Morgan fingerprint density at radius 3 is 2.69 bits per heavy atom. The number of sulfonamides is 1. The number of hydrogen-bond acceptors (Lipinski definition) is 4. The van der Waals surface area contributed by atoms with E-state index in [0.717, 1.165) is 19.3 Å². The number of nitriles is 1. The van der Waals surface area contributed by atoms with E-state index in [1.165, 1.54) is 6.92 Å². The molecule has 0 radical (unpaired) electrons. The maximum atomic E-state index is 11.5. The van der Waals surface area contributed by atoms with E-state index < -0.39 is 15.3 Å². The summed E-state index contributed by atoms with van der Waals surface area (Å²) in [5.74, 6) is 0.394. The maximum Gasteiger partial charge on any atom is 0.227 e. The van der Waals surface area contributed by atoms with Crippen LogP contribution in [0, 0.1) is 23.2 Å². The largest absolute Gasteiger partial charge is 0.396 e. The highest BCUT2D eigenvalue weighted by atomic mass is 32.2. The predicted octanol–water partition coefficient (Wildman–Crippen LogP) is 0.226. The molecule has 3 unspecified atom stereocenters. The van der Waals surface area contributed by atoms with E-state index in [0.29, 0.717) is 6.54 Å². The number of nitrogens with zero attached hydrogens (tertiary/aromatic N) is 1. The molecule has 0 bridgehead atoms. The quantitative estimate of drug-likeness (QED) is 0.726. The van der Waals surface area contributed by atoms with Gasteiger partial charge in [-0.1, -0.05) is 6.42 Å². The zero-order chi connectivity index (χ0) is 12.2. The van der Waals surface area contributed by atoms with Crippen molar-refractivity contribution >= 4 is 10.0 Å². The molecule has 3 atom stereocenters. The summed E-state index contributed by atoms with van der Waals surface area (Å²) < 4.78 is 25.5. The maximum absolute atomic E-state index is 11.5. The second kappa shape index (κ2) is 5.62. The molecular formula is C10H18N2O3S. The lowest BCUT2D eigenvalue weighted by atomic mass is 9.97. The normalized spacial score (nSPS) is 27.6. The summed E-state index contributed by atoms with van der Waals surface area (Å²) in [6, 6.07) is 1.71. The van der Waals surface area contributed by atoms with Crippen molar-refractivity contribution in [1.82, 2.24) is 4.72 Å². The highest BCUT2D eigenvalue weighted by Crippen LogP contribution is 2.30. The fourth-order valence-electron chi connectivity index (χ4n) is 2.04. The predicted molar refractivity (Wildman–Crippen MR) is 59.9 cm³/mol. The minimum absolute atomic E-state index is 0.111. The van der Waals surface area contributed by atoms with Gasteiger partial charge in [0.15, 0.2) is 5.25 Å². The molecule has 0 aromatic carbocycles. The average molecular weight is 246 g/mol. The zero-order valence-corrected chi connectivity index (χ0v) is 10.2. The van der Waals surface area contributed by atoms with Gasteiger partial charge in [-0.25, -0.2) is 13.1 Å². The van der Waals surface area contributed by atoms with Crippen molar-refractivity contribution in [3.63, 3.8) is 0 Å². The number of aliphatic hydroxyl groups excluding tert-OH is 1. The molecule has 0 aromatic rings. The Hall–Kier alpha value is -0.640. The van der Waals surface area contributed by atoms with Crippen molar-refractivity contribution in [3.8, 4) is 6.07 Å². The highest BCUT2D eigenvalue weighted by molar-refractivity contribution is 7.90. The summed E-state index contributed by atoms with van der Waals surface area (Å²) in [6.45, 7) is 1.81. The van der Waals surface area contributed by atoms with E-state index in [1.807, 2.05) is 0 Å². The second-order valence-corrected chi connectivity index (χ2v) is 6.38. The molecule has 92 valence electrons. The molecular weight excluding hydrogens is 228 g/mol. The fourth-order valence-corrected chi connectivity index (χ4v) is 2.88. The van der Waals surface area contributed by atoms with E-state index in [4.69, 9.17) is 10.4 Å². The van der Waals surface area contributed by atoms with E-state index in [1.54, 1.807) is 6.07 Å². The molecule has 0 saturated heterocycles. The molecule has 16 heavy (non-hydrogen) atoms. The summed E-state index contributed by atoms with van der Waals surface area (Å²) in [5.41, 5.74) is 0. The van der Waals surface area contributed by atoms with Crippen LogP contribution < -0.4 is 4.72 Å². The molecule has 0 aromatic heterocycles. The third-order valence-electron chi connectivity index (χ3n) is 3.24. The van der Waals surface area contributed by atoms with Gasteiger partial charge in [-0.05, 0) is 31.6 Å². The van der Waals surface area contributed by atoms with Gasteiger partial charge >= 0.3 is 0 Å². The van der Waals surface area contributed by atoms with E-state index >= 15 is 0 Å². The molecule has 2 N–H and O–H groups in total. The minimum Gasteiger partial charge on any atom is -0.396 e. The first kappa shape index (κ1) is 13.4. The molecule has 1 aliphatic rings. The van der Waals surface area contributed by atoms with Gasteiger partial charge in [-0.3, -0.25) is 0 Å². The third kappa shape index (κ3) is 3.17. The van der Waals surface area contributed by atoms with Crippen LogP contribution in [0.15, 0.2) is 0 Å². The number of aliphatic hydroxyl groups is 1. The van der Waals surface area contributed by atoms with Gasteiger partial charge in [0.05, 0.1) is 6.07 Å². The third-order valence-corrected chi connectivity index (χ3v) is 4.85. The van der Waals surface area contributed by atoms with Crippen LogP contribution in [0.1, 0.15) is 26.2 Å². The Morgan fingerprint density at radius 2 is 2.12 bits per heavy atom. The lowest BCUT2D eigenvalue weighted by Gasteiger charge is -2.18. The Kier molecular flexibility index (Phi) is 4.71. The molecule has 0 heterocycles. The summed E-state index contributed by atoms with van der Waals surface area (Å²) >= 11 is 0. The Morgan fingerprint density at radius 1 is 1.50 bits per heavy atom. The number of rotatable bonds is 5. The molecule has 1 rings (SSSR count). The molecule has 0 aliphatic heterocycles. The van der Waals surface area contributed by atoms with Crippen molar-refractivity contribution in [2.75, 3.05) is 13.2 Å². The lowest BCUT2D eigenvalue weighted by molar-refractivity contribution is 0.195. The Balaban J connectivity index is 2.49. The van der Waals surface area contributed by atoms with Crippen LogP contribution >= 0.6 is 0 Å². The average Bonchev–Trinajstić information content (AvgIpc) is 2.72. The number of nitrogens with one attached hydrogen (secondary N) is 1. The van der Waals surface area contributed by atoms with Crippen LogP contribution in [-0.4, -0.2) is 31.9 Å². The van der Waals surface area contributed by atoms with Crippen LogP contribution in [0.5, 0.6) is 0 Å². The highest BCUT2D eigenvalue weighted by Gasteiger charge is 2.29. The van der Waals surface area contributed by atoms with Gasteiger partial charge in [0, 0.05) is 13.2 Å². The molecule has 0 amide bonds. The van der Waals surface area contributed by atoms with E-state index in [2.05, 4.69) is 4.72 Å². The number of hydrogen-bond donors (Lipinski definition) is 2. The van der Waals surface area contributed by atoms with Crippen LogP contribution in [0.4, 0.5) is 0 Å². The zero-order valence-electron chi connectivity index (χ0n) is 9.39. The molecule has 1 fully saturated rings. The van der Waals surface area contributed by atoms with Crippen LogP contribution in [0.2, 0.25) is 0 Å². The topological polar surface area (TPSA) is 90.2 Å². The summed E-state index contributed by atoms with van der Waals surface area (Å²) in [6.07, 6.45) is 2.93. The molecule has 1 aliphatic carbocycles. The second-order valence-electron chi connectivity index (χ2n) is 4.30. The first-order chi connectivity index (χ1) is 7.51. The van der Waals surface area contributed by atoms with Crippen molar-refractivity contribution < 1.29 is 13.5 Å². The van der Waals surface area contributed by atoms with Gasteiger partial charge in [-0.15, -0.1) is 0 Å². The lowest BCUT2D eigenvalue weighted by Crippen LogP contribution is -2.36. The van der Waals surface area contributed by atoms with Crippen molar-refractivity contribution in [2.24, 2.45) is 11.8 Å². The monoisotopic (exact) mass is 246 g/mol. The van der Waals surface area contributed by atoms with Gasteiger partial charge < -0.3 is 5.11 Å². The van der Waals surface area contributed by atoms with Crippen molar-refractivity contribution in [2.45, 2.75) is 31.4 Å². The summed E-state index contributed by atoms with van der Waals surface area (Å²) in [5, 5.41) is 16.6. The fraction of sp³-hybridized carbons (Fsp3) is 0.900. The Bertz CT molecular complexity index is 361. The Labute approximate surface area is 96.5 Å². The van der Waals surface area contributed by atoms with Gasteiger partial charge in [0.25, 0.3) is 0 Å². The van der Waals surface area contributed by atoms with Gasteiger partial charge in [0.1, 0.15) is 0 Å². The first-order valence-corrected chi connectivity index (χ1v) is 7.05.